The first-order valence-electron chi connectivity index (χ1n) is 7.70. The van der Waals surface area contributed by atoms with Crippen LogP contribution in [0.15, 0.2) is 6.33 Å². The van der Waals surface area contributed by atoms with Crippen LogP contribution >= 0.6 is 0 Å². The summed E-state index contributed by atoms with van der Waals surface area (Å²) in [6.07, 6.45) is 8.02. The van der Waals surface area contributed by atoms with Crippen LogP contribution in [0.4, 0.5) is 0 Å². The van der Waals surface area contributed by atoms with Gasteiger partial charge in [0.05, 0.1) is 6.54 Å². The molecule has 0 aliphatic heterocycles. The van der Waals surface area contributed by atoms with E-state index in [2.05, 4.69) is 33.9 Å². The van der Waals surface area contributed by atoms with Crippen molar-refractivity contribution in [3.63, 3.8) is 0 Å². The smallest absolute Gasteiger partial charge is 0.146 e. The fraction of sp³-hybridized carbons (Fsp3) is 0.867. The summed E-state index contributed by atoms with van der Waals surface area (Å²) >= 11 is 0. The molecule has 0 radical (unpaired) electrons. The summed E-state index contributed by atoms with van der Waals surface area (Å²) < 4.78 is 7.21. The molecule has 1 atom stereocenters. The van der Waals surface area contributed by atoms with Crippen LogP contribution in [0.3, 0.4) is 0 Å². The second-order valence-corrected chi connectivity index (χ2v) is 6.63. The second-order valence-electron chi connectivity index (χ2n) is 6.63. The molecule has 1 N–H and O–H groups in total. The van der Waals surface area contributed by atoms with Gasteiger partial charge >= 0.3 is 0 Å². The van der Waals surface area contributed by atoms with E-state index in [9.17, 15) is 0 Å². The Morgan fingerprint density at radius 2 is 2.35 bits per heavy atom. The first-order valence-corrected chi connectivity index (χ1v) is 7.70. The van der Waals surface area contributed by atoms with Crippen LogP contribution in [0.2, 0.25) is 0 Å². The maximum atomic E-state index is 5.09. The highest BCUT2D eigenvalue weighted by molar-refractivity contribution is 4.89. The van der Waals surface area contributed by atoms with Crippen molar-refractivity contribution in [2.45, 2.75) is 65.1 Å². The van der Waals surface area contributed by atoms with E-state index in [0.717, 1.165) is 31.9 Å². The Bertz CT molecular complexity index is 402. The standard InChI is InChI=1S/C15H28N4O/c1-15(2)7-4-6-13(10-15)16-11-14-18-17-12-19(14)8-5-9-20-3/h12-13,16H,4-11H2,1-3H3/t13-/m1/s1. The molecule has 0 aromatic carbocycles. The minimum Gasteiger partial charge on any atom is -0.385 e. The zero-order chi connectivity index (χ0) is 14.4. The minimum atomic E-state index is 0.474. The van der Waals surface area contributed by atoms with Gasteiger partial charge in [0.15, 0.2) is 0 Å². The van der Waals surface area contributed by atoms with Gasteiger partial charge in [-0.3, -0.25) is 0 Å². The molecule has 5 heteroatoms. The number of ether oxygens (including phenoxy) is 1. The molecule has 1 saturated carbocycles. The Morgan fingerprint density at radius 1 is 1.50 bits per heavy atom. The molecule has 0 unspecified atom stereocenters. The van der Waals surface area contributed by atoms with Crippen molar-refractivity contribution < 1.29 is 4.74 Å². The number of methoxy groups -OCH3 is 1. The third-order valence-corrected chi connectivity index (χ3v) is 4.20. The number of hydrogen-bond acceptors (Lipinski definition) is 4. The summed E-state index contributed by atoms with van der Waals surface area (Å²) in [4.78, 5) is 0. The summed E-state index contributed by atoms with van der Waals surface area (Å²) in [5.74, 6) is 1.03. The molecule has 20 heavy (non-hydrogen) atoms. The molecular formula is C15H28N4O. The summed E-state index contributed by atoms with van der Waals surface area (Å²) in [5.41, 5.74) is 0.474. The highest BCUT2D eigenvalue weighted by Gasteiger charge is 2.27. The van der Waals surface area contributed by atoms with Gasteiger partial charge in [0.2, 0.25) is 0 Å². The minimum absolute atomic E-state index is 0.474. The fourth-order valence-corrected chi connectivity index (χ4v) is 3.09. The Kier molecular flexibility index (Phi) is 5.54. The third-order valence-electron chi connectivity index (χ3n) is 4.20. The largest absolute Gasteiger partial charge is 0.385 e. The molecule has 1 aromatic rings. The lowest BCUT2D eigenvalue weighted by Gasteiger charge is -2.35. The molecule has 114 valence electrons. The van der Waals surface area contributed by atoms with E-state index in [1.54, 1.807) is 7.11 Å². The molecule has 1 heterocycles. The van der Waals surface area contributed by atoms with E-state index >= 15 is 0 Å². The molecule has 0 saturated heterocycles. The van der Waals surface area contributed by atoms with Crippen LogP contribution < -0.4 is 5.32 Å². The Morgan fingerprint density at radius 3 is 3.10 bits per heavy atom. The lowest BCUT2D eigenvalue weighted by Crippen LogP contribution is -2.37. The van der Waals surface area contributed by atoms with E-state index in [1.807, 2.05) is 6.33 Å². The molecule has 1 aliphatic rings. The fourth-order valence-electron chi connectivity index (χ4n) is 3.09. The first kappa shape index (κ1) is 15.4. The van der Waals surface area contributed by atoms with Crippen molar-refractivity contribution in [1.29, 1.82) is 0 Å². The van der Waals surface area contributed by atoms with E-state index in [1.165, 1.54) is 25.7 Å². The summed E-state index contributed by atoms with van der Waals surface area (Å²) in [6, 6.07) is 0.614. The van der Waals surface area contributed by atoms with E-state index in [0.29, 0.717) is 11.5 Å². The van der Waals surface area contributed by atoms with Gasteiger partial charge in [-0.1, -0.05) is 20.3 Å². The van der Waals surface area contributed by atoms with E-state index in [4.69, 9.17) is 4.74 Å². The van der Waals surface area contributed by atoms with Crippen LogP contribution in [0.25, 0.3) is 0 Å². The average molecular weight is 280 g/mol. The van der Waals surface area contributed by atoms with Crippen molar-refractivity contribution in [2.75, 3.05) is 13.7 Å². The molecule has 1 fully saturated rings. The lowest BCUT2D eigenvalue weighted by atomic mass is 9.75. The highest BCUT2D eigenvalue weighted by atomic mass is 16.5. The maximum absolute atomic E-state index is 5.09. The lowest BCUT2D eigenvalue weighted by molar-refractivity contribution is 0.188. The Hall–Kier alpha value is -0.940. The zero-order valence-corrected chi connectivity index (χ0v) is 13.1. The number of rotatable bonds is 7. The predicted octanol–water partition coefficient (Wildman–Crippen LogP) is 2.37. The molecule has 0 amide bonds. The van der Waals surface area contributed by atoms with Crippen molar-refractivity contribution >= 4 is 0 Å². The van der Waals surface area contributed by atoms with Crippen LogP contribution in [0.5, 0.6) is 0 Å². The van der Waals surface area contributed by atoms with Gasteiger partial charge in [-0.15, -0.1) is 10.2 Å². The van der Waals surface area contributed by atoms with E-state index in [-0.39, 0.29) is 0 Å². The molecule has 0 spiro atoms. The summed E-state index contributed by atoms with van der Waals surface area (Å²) in [5, 5.41) is 11.9. The highest BCUT2D eigenvalue weighted by Crippen LogP contribution is 2.35. The maximum Gasteiger partial charge on any atom is 0.146 e. The number of aryl methyl sites for hydroxylation is 1. The van der Waals surface area contributed by atoms with Gasteiger partial charge in [-0.05, 0) is 31.1 Å². The Labute approximate surface area is 122 Å². The van der Waals surface area contributed by atoms with Gasteiger partial charge in [0.25, 0.3) is 0 Å². The molecular weight excluding hydrogens is 252 g/mol. The summed E-state index contributed by atoms with van der Waals surface area (Å²) in [6.45, 7) is 7.26. The van der Waals surface area contributed by atoms with Crippen molar-refractivity contribution in [3.05, 3.63) is 12.2 Å². The monoisotopic (exact) mass is 280 g/mol. The van der Waals surface area contributed by atoms with Crippen LogP contribution in [0.1, 0.15) is 51.8 Å². The van der Waals surface area contributed by atoms with Crippen molar-refractivity contribution in [3.8, 4) is 0 Å². The quantitative estimate of drug-likeness (QED) is 0.779. The Balaban J connectivity index is 1.80. The molecule has 1 aromatic heterocycles. The topological polar surface area (TPSA) is 52.0 Å². The van der Waals surface area contributed by atoms with Gasteiger partial charge in [0, 0.05) is 26.3 Å². The number of hydrogen-bond donors (Lipinski definition) is 1. The molecule has 0 bridgehead atoms. The second kappa shape index (κ2) is 7.18. The van der Waals surface area contributed by atoms with Crippen molar-refractivity contribution in [1.82, 2.24) is 20.1 Å². The zero-order valence-electron chi connectivity index (χ0n) is 13.1. The van der Waals surface area contributed by atoms with Crippen LogP contribution in [-0.2, 0) is 17.8 Å². The molecule has 1 aliphatic carbocycles. The normalized spacial score (nSPS) is 22.1. The number of nitrogens with one attached hydrogen (secondary N) is 1. The van der Waals surface area contributed by atoms with Gasteiger partial charge in [-0.2, -0.15) is 0 Å². The van der Waals surface area contributed by atoms with Gasteiger partial charge in [0.1, 0.15) is 12.2 Å². The number of nitrogens with zero attached hydrogens (tertiary/aromatic N) is 3. The van der Waals surface area contributed by atoms with E-state index < -0.39 is 0 Å². The molecule has 2 rings (SSSR count). The molecule has 5 nitrogen and oxygen atoms in total. The third kappa shape index (κ3) is 4.56. The summed E-state index contributed by atoms with van der Waals surface area (Å²) in [7, 11) is 1.74. The average Bonchev–Trinajstić information content (AvgIpc) is 2.83. The van der Waals surface area contributed by atoms with Crippen molar-refractivity contribution in [2.24, 2.45) is 5.41 Å². The first-order chi connectivity index (χ1) is 9.61. The number of aromatic nitrogens is 3. The van der Waals surface area contributed by atoms with Crippen LogP contribution in [0, 0.1) is 5.41 Å². The SMILES string of the molecule is COCCCn1cnnc1CN[C@@H]1CCCC(C)(C)C1. The van der Waals surface area contributed by atoms with Gasteiger partial charge < -0.3 is 14.6 Å². The van der Waals surface area contributed by atoms with Crippen LogP contribution in [-0.4, -0.2) is 34.5 Å². The van der Waals surface area contributed by atoms with Gasteiger partial charge in [-0.25, -0.2) is 0 Å². The predicted molar refractivity (Wildman–Crippen MR) is 79.4 cm³/mol.